The molecule has 0 bridgehead atoms. The van der Waals surface area contributed by atoms with Gasteiger partial charge in [0.2, 0.25) is 0 Å². The SMILES string of the molecule is CC1CC(NC(=O)NCC(O)Cc2ccccc2)CN1C1CC1. The Morgan fingerprint density at radius 3 is 2.78 bits per heavy atom. The van der Waals surface area contributed by atoms with E-state index in [1.54, 1.807) is 0 Å². The first-order valence-corrected chi connectivity index (χ1v) is 8.64. The van der Waals surface area contributed by atoms with Gasteiger partial charge in [-0.05, 0) is 31.7 Å². The lowest BCUT2D eigenvalue weighted by molar-refractivity contribution is 0.170. The van der Waals surface area contributed by atoms with Gasteiger partial charge in [0, 0.05) is 37.6 Å². The Bertz CT molecular complexity index is 518. The summed E-state index contributed by atoms with van der Waals surface area (Å²) >= 11 is 0. The van der Waals surface area contributed by atoms with Crippen molar-refractivity contribution in [2.45, 2.75) is 56.8 Å². The molecule has 1 aliphatic heterocycles. The molecule has 1 aromatic rings. The van der Waals surface area contributed by atoms with Crippen LogP contribution in [0.15, 0.2) is 30.3 Å². The lowest BCUT2D eigenvalue weighted by Crippen LogP contribution is -2.45. The average Bonchev–Trinajstić information content (AvgIpc) is 3.30. The molecule has 0 aromatic heterocycles. The molecule has 1 heterocycles. The summed E-state index contributed by atoms with van der Waals surface area (Å²) in [5.41, 5.74) is 1.08. The lowest BCUT2D eigenvalue weighted by atomic mass is 10.1. The number of hydrogen-bond acceptors (Lipinski definition) is 3. The van der Waals surface area contributed by atoms with Crippen LogP contribution in [-0.2, 0) is 6.42 Å². The first-order chi connectivity index (χ1) is 11.1. The number of urea groups is 1. The maximum Gasteiger partial charge on any atom is 0.315 e. The van der Waals surface area contributed by atoms with E-state index in [0.29, 0.717) is 12.5 Å². The van der Waals surface area contributed by atoms with E-state index in [-0.39, 0.29) is 18.6 Å². The van der Waals surface area contributed by atoms with Crippen molar-refractivity contribution in [1.82, 2.24) is 15.5 Å². The van der Waals surface area contributed by atoms with Crippen LogP contribution in [0.2, 0.25) is 0 Å². The van der Waals surface area contributed by atoms with E-state index in [0.717, 1.165) is 24.6 Å². The third-order valence-electron chi connectivity index (χ3n) is 4.79. The van der Waals surface area contributed by atoms with Crippen molar-refractivity contribution in [2.24, 2.45) is 0 Å². The van der Waals surface area contributed by atoms with Crippen LogP contribution in [0.1, 0.15) is 31.7 Å². The van der Waals surface area contributed by atoms with Gasteiger partial charge in [-0.1, -0.05) is 30.3 Å². The summed E-state index contributed by atoms with van der Waals surface area (Å²) in [7, 11) is 0. The number of carbonyl (C=O) groups excluding carboxylic acids is 1. The highest BCUT2D eigenvalue weighted by Crippen LogP contribution is 2.33. The minimum Gasteiger partial charge on any atom is -0.391 e. The van der Waals surface area contributed by atoms with Crippen molar-refractivity contribution in [1.29, 1.82) is 0 Å². The van der Waals surface area contributed by atoms with Crippen molar-refractivity contribution in [2.75, 3.05) is 13.1 Å². The molecule has 1 saturated carbocycles. The zero-order valence-corrected chi connectivity index (χ0v) is 13.7. The molecule has 3 atom stereocenters. The fourth-order valence-electron chi connectivity index (χ4n) is 3.48. The number of aliphatic hydroxyl groups is 1. The fourth-order valence-corrected chi connectivity index (χ4v) is 3.48. The summed E-state index contributed by atoms with van der Waals surface area (Å²) in [5.74, 6) is 0. The molecule has 3 rings (SSSR count). The second-order valence-electron chi connectivity index (χ2n) is 6.91. The number of rotatable bonds is 6. The van der Waals surface area contributed by atoms with Crippen LogP contribution < -0.4 is 10.6 Å². The van der Waals surface area contributed by atoms with Crippen LogP contribution in [0.25, 0.3) is 0 Å². The Kier molecular flexibility index (Phi) is 5.18. The van der Waals surface area contributed by atoms with Gasteiger partial charge in [-0.15, -0.1) is 0 Å². The lowest BCUT2D eigenvalue weighted by Gasteiger charge is -2.20. The number of amides is 2. The monoisotopic (exact) mass is 317 g/mol. The molecule has 126 valence electrons. The van der Waals surface area contributed by atoms with E-state index in [1.165, 1.54) is 12.8 Å². The smallest absolute Gasteiger partial charge is 0.315 e. The topological polar surface area (TPSA) is 64.6 Å². The Balaban J connectivity index is 1.36. The predicted molar refractivity (Wildman–Crippen MR) is 90.3 cm³/mol. The standard InChI is InChI=1S/C18H27N3O2/c1-13-9-15(12-21(13)16-7-8-16)20-18(23)19-11-17(22)10-14-5-3-2-4-6-14/h2-6,13,15-17,22H,7-12H2,1H3,(H2,19,20,23). The van der Waals surface area contributed by atoms with E-state index < -0.39 is 6.10 Å². The van der Waals surface area contributed by atoms with Crippen LogP contribution in [0.5, 0.6) is 0 Å². The second-order valence-corrected chi connectivity index (χ2v) is 6.91. The molecule has 5 heteroatoms. The van der Waals surface area contributed by atoms with Crippen LogP contribution in [0, 0.1) is 0 Å². The van der Waals surface area contributed by atoms with Gasteiger partial charge >= 0.3 is 6.03 Å². The van der Waals surface area contributed by atoms with E-state index in [1.807, 2.05) is 30.3 Å². The molecule has 1 saturated heterocycles. The second kappa shape index (κ2) is 7.32. The molecule has 1 aliphatic carbocycles. The van der Waals surface area contributed by atoms with Crippen LogP contribution in [-0.4, -0.2) is 53.4 Å². The Morgan fingerprint density at radius 2 is 2.09 bits per heavy atom. The van der Waals surface area contributed by atoms with Gasteiger partial charge in [0.1, 0.15) is 0 Å². The van der Waals surface area contributed by atoms with Crippen LogP contribution in [0.3, 0.4) is 0 Å². The number of likely N-dealkylation sites (tertiary alicyclic amines) is 1. The van der Waals surface area contributed by atoms with Gasteiger partial charge in [0.05, 0.1) is 6.10 Å². The Labute approximate surface area is 138 Å². The molecule has 5 nitrogen and oxygen atoms in total. The van der Waals surface area contributed by atoms with Gasteiger partial charge in [-0.3, -0.25) is 4.90 Å². The summed E-state index contributed by atoms with van der Waals surface area (Å²) in [5, 5.41) is 15.9. The minimum atomic E-state index is -0.561. The third kappa shape index (κ3) is 4.69. The van der Waals surface area contributed by atoms with Crippen molar-refractivity contribution in [3.8, 4) is 0 Å². The quantitative estimate of drug-likeness (QED) is 0.745. The summed E-state index contributed by atoms with van der Waals surface area (Å²) in [6.45, 7) is 3.46. The molecule has 0 spiro atoms. The molecule has 0 radical (unpaired) electrons. The zero-order chi connectivity index (χ0) is 16.2. The molecule has 1 aromatic carbocycles. The number of nitrogens with one attached hydrogen (secondary N) is 2. The highest BCUT2D eigenvalue weighted by molar-refractivity contribution is 5.74. The van der Waals surface area contributed by atoms with Crippen molar-refractivity contribution < 1.29 is 9.90 Å². The molecule has 2 amide bonds. The van der Waals surface area contributed by atoms with Gasteiger partial charge in [-0.2, -0.15) is 0 Å². The number of aliphatic hydroxyl groups excluding tert-OH is 1. The number of carbonyl (C=O) groups is 1. The number of hydrogen-bond donors (Lipinski definition) is 3. The fraction of sp³-hybridized carbons (Fsp3) is 0.611. The van der Waals surface area contributed by atoms with Crippen molar-refractivity contribution in [3.05, 3.63) is 35.9 Å². The van der Waals surface area contributed by atoms with Gasteiger partial charge < -0.3 is 15.7 Å². The summed E-state index contributed by atoms with van der Waals surface area (Å²) < 4.78 is 0. The van der Waals surface area contributed by atoms with Crippen molar-refractivity contribution >= 4 is 6.03 Å². The average molecular weight is 317 g/mol. The Morgan fingerprint density at radius 1 is 1.35 bits per heavy atom. The van der Waals surface area contributed by atoms with E-state index in [4.69, 9.17) is 0 Å². The highest BCUT2D eigenvalue weighted by atomic mass is 16.3. The minimum absolute atomic E-state index is 0.174. The third-order valence-corrected chi connectivity index (χ3v) is 4.79. The van der Waals surface area contributed by atoms with Crippen LogP contribution in [0.4, 0.5) is 4.79 Å². The molecule has 23 heavy (non-hydrogen) atoms. The zero-order valence-electron chi connectivity index (χ0n) is 13.7. The van der Waals surface area contributed by atoms with Crippen LogP contribution >= 0.6 is 0 Å². The summed E-state index contributed by atoms with van der Waals surface area (Å²) in [6.07, 6.45) is 3.60. The van der Waals surface area contributed by atoms with E-state index >= 15 is 0 Å². The molecular formula is C18H27N3O2. The normalized spacial score (nSPS) is 26.0. The number of nitrogens with zero attached hydrogens (tertiary/aromatic N) is 1. The molecular weight excluding hydrogens is 290 g/mol. The van der Waals surface area contributed by atoms with Gasteiger partial charge in [0.25, 0.3) is 0 Å². The maximum atomic E-state index is 12.0. The summed E-state index contributed by atoms with van der Waals surface area (Å²) in [6, 6.07) is 11.2. The number of benzene rings is 1. The van der Waals surface area contributed by atoms with Gasteiger partial charge in [0.15, 0.2) is 0 Å². The first-order valence-electron chi connectivity index (χ1n) is 8.64. The predicted octanol–water partition coefficient (Wildman–Crippen LogP) is 1.51. The summed E-state index contributed by atoms with van der Waals surface area (Å²) in [4.78, 5) is 14.5. The molecule has 2 aliphatic rings. The maximum absolute atomic E-state index is 12.0. The largest absolute Gasteiger partial charge is 0.391 e. The van der Waals surface area contributed by atoms with E-state index in [2.05, 4.69) is 22.5 Å². The van der Waals surface area contributed by atoms with Crippen molar-refractivity contribution in [3.63, 3.8) is 0 Å². The van der Waals surface area contributed by atoms with E-state index in [9.17, 15) is 9.90 Å². The van der Waals surface area contributed by atoms with Gasteiger partial charge in [-0.25, -0.2) is 4.79 Å². The first kappa shape index (κ1) is 16.3. The highest BCUT2D eigenvalue weighted by Gasteiger charge is 2.39. The molecule has 3 unspecified atom stereocenters. The Hall–Kier alpha value is -1.59. The molecule has 2 fully saturated rings. The molecule has 3 N–H and O–H groups in total.